The van der Waals surface area contributed by atoms with Gasteiger partial charge < -0.3 is 14.8 Å². The van der Waals surface area contributed by atoms with Crippen molar-refractivity contribution in [2.45, 2.75) is 86.7 Å². The summed E-state index contributed by atoms with van der Waals surface area (Å²) in [5.41, 5.74) is 2.22. The van der Waals surface area contributed by atoms with Crippen LogP contribution in [0.15, 0.2) is 60.7 Å². The van der Waals surface area contributed by atoms with Gasteiger partial charge in [0.2, 0.25) is 11.1 Å². The van der Waals surface area contributed by atoms with Crippen molar-refractivity contribution in [3.63, 3.8) is 0 Å². The van der Waals surface area contributed by atoms with Gasteiger partial charge in [0.1, 0.15) is 13.2 Å². The Balaban J connectivity index is 0.000000345. The summed E-state index contributed by atoms with van der Waals surface area (Å²) in [5.74, 6) is -0.152. The molecule has 8 nitrogen and oxygen atoms in total. The average Bonchev–Trinajstić information content (AvgIpc) is 3.43. The van der Waals surface area contributed by atoms with E-state index < -0.39 is 6.09 Å². The predicted octanol–water partition coefficient (Wildman–Crippen LogP) is 7.17. The second-order valence-corrected chi connectivity index (χ2v) is 13.1. The first-order valence-corrected chi connectivity index (χ1v) is 14.2. The highest BCUT2D eigenvalue weighted by molar-refractivity contribution is 6.63. The van der Waals surface area contributed by atoms with Gasteiger partial charge in [-0.2, -0.15) is 0 Å². The van der Waals surface area contributed by atoms with Crippen molar-refractivity contribution in [2.75, 3.05) is 13.2 Å². The number of hydrogen-bond acceptors (Lipinski definition) is 6. The Kier molecular flexibility index (Phi) is 14.7. The molecule has 232 valence electrons. The van der Waals surface area contributed by atoms with Gasteiger partial charge in [0.15, 0.2) is 0 Å². The van der Waals surface area contributed by atoms with Crippen molar-refractivity contribution in [1.82, 2.24) is 10.2 Å². The third-order valence-electron chi connectivity index (χ3n) is 5.96. The van der Waals surface area contributed by atoms with Gasteiger partial charge in [-0.25, -0.2) is 14.5 Å². The molecule has 9 heteroatoms. The largest absolute Gasteiger partial charge is 0.447 e. The zero-order valence-electron chi connectivity index (χ0n) is 24.9. The van der Waals surface area contributed by atoms with Gasteiger partial charge in [0, 0.05) is 12.8 Å². The Labute approximate surface area is 256 Å². The van der Waals surface area contributed by atoms with Crippen molar-refractivity contribution < 1.29 is 28.7 Å². The van der Waals surface area contributed by atoms with Gasteiger partial charge in [0.05, 0.1) is 12.1 Å². The van der Waals surface area contributed by atoms with Crippen LogP contribution in [0, 0.1) is 10.8 Å². The normalized spacial score (nSPS) is 17.7. The van der Waals surface area contributed by atoms with Gasteiger partial charge in [-0.1, -0.05) is 110 Å². The van der Waals surface area contributed by atoms with E-state index >= 15 is 0 Å². The third kappa shape index (κ3) is 14.5. The molecule has 2 aromatic carbocycles. The van der Waals surface area contributed by atoms with E-state index in [1.165, 1.54) is 10.5 Å². The second kappa shape index (κ2) is 16.9. The standard InChI is InChI=1S/C16H21NO3.C10H11NO2.C6H11ClO.CH4/c1-16(2,3)10-14(18)17-13(11-20-15(17)19)9-12-7-5-4-6-8-12;12-10-11-9(7-13-10)6-8-4-2-1-3-5-8;1-6(2,3)4-5(7)8;/h4-8,13H,9-11H2,1-3H3;1-5,9H,6-7H2,(H,11,12);4H2,1-3H3;1H4/t13-;9-;;/m00../s1. The van der Waals surface area contributed by atoms with Crippen LogP contribution in [0.5, 0.6) is 0 Å². The van der Waals surface area contributed by atoms with Crippen molar-refractivity contribution >= 4 is 34.9 Å². The fraction of sp³-hybridized carbons (Fsp3) is 0.515. The minimum atomic E-state index is -0.514. The summed E-state index contributed by atoms with van der Waals surface area (Å²) in [6, 6.07) is 19.8. The maximum atomic E-state index is 12.3. The maximum Gasteiger partial charge on any atom is 0.416 e. The fourth-order valence-electron chi connectivity index (χ4n) is 4.19. The van der Waals surface area contributed by atoms with Crippen LogP contribution in [-0.2, 0) is 31.9 Å². The molecule has 0 aliphatic carbocycles. The van der Waals surface area contributed by atoms with Crippen LogP contribution in [0.3, 0.4) is 0 Å². The van der Waals surface area contributed by atoms with E-state index in [4.69, 9.17) is 21.1 Å². The highest BCUT2D eigenvalue weighted by atomic mass is 35.5. The van der Waals surface area contributed by atoms with Crippen LogP contribution in [0.25, 0.3) is 0 Å². The molecule has 2 aliphatic heterocycles. The molecule has 2 aromatic rings. The lowest BCUT2D eigenvalue weighted by molar-refractivity contribution is -0.131. The number of alkyl carbamates (subject to hydrolysis) is 1. The molecule has 2 aliphatic rings. The van der Waals surface area contributed by atoms with Crippen LogP contribution in [0.4, 0.5) is 9.59 Å². The zero-order valence-corrected chi connectivity index (χ0v) is 25.7. The second-order valence-electron chi connectivity index (χ2n) is 12.6. The lowest BCUT2D eigenvalue weighted by atomic mass is 9.91. The van der Waals surface area contributed by atoms with E-state index in [-0.39, 0.29) is 54.2 Å². The van der Waals surface area contributed by atoms with Crippen LogP contribution in [0.1, 0.15) is 72.9 Å². The minimum absolute atomic E-state index is 0. The molecule has 0 saturated carbocycles. The summed E-state index contributed by atoms with van der Waals surface area (Å²) < 4.78 is 9.84. The average molecular weight is 603 g/mol. The molecular formula is C33H47ClN2O6. The van der Waals surface area contributed by atoms with E-state index in [9.17, 15) is 19.2 Å². The molecule has 3 amide bonds. The molecule has 1 N–H and O–H groups in total. The highest BCUT2D eigenvalue weighted by Crippen LogP contribution is 2.24. The van der Waals surface area contributed by atoms with Gasteiger partial charge >= 0.3 is 12.2 Å². The van der Waals surface area contributed by atoms with Crippen molar-refractivity contribution in [2.24, 2.45) is 10.8 Å². The summed E-state index contributed by atoms with van der Waals surface area (Å²) in [4.78, 5) is 46.3. The maximum absolute atomic E-state index is 12.3. The molecule has 4 rings (SSSR count). The van der Waals surface area contributed by atoms with Crippen LogP contribution >= 0.6 is 11.6 Å². The summed E-state index contributed by atoms with van der Waals surface area (Å²) >= 11 is 5.12. The number of nitrogens with one attached hydrogen (secondary N) is 1. The number of cyclic esters (lactones) is 2. The van der Waals surface area contributed by atoms with Gasteiger partial charge in [-0.05, 0) is 46.4 Å². The van der Waals surface area contributed by atoms with Crippen molar-refractivity contribution in [3.05, 3.63) is 71.8 Å². The SMILES string of the molecule is C.CC(C)(C)CC(=O)Cl.CC(C)(C)CC(=O)N1C(=O)OC[C@@H]1Cc1ccccc1.O=C1N[C@@H](Cc2ccccc2)CO1. The van der Waals surface area contributed by atoms with Crippen LogP contribution in [-0.4, -0.2) is 53.5 Å². The predicted molar refractivity (Wildman–Crippen MR) is 166 cm³/mol. The molecule has 2 saturated heterocycles. The van der Waals surface area contributed by atoms with Gasteiger partial charge in [0.25, 0.3) is 0 Å². The number of halogens is 1. The molecule has 0 bridgehead atoms. The van der Waals surface area contributed by atoms with E-state index in [0.717, 1.165) is 12.0 Å². The number of nitrogens with zero attached hydrogens (tertiary/aromatic N) is 1. The number of amides is 3. The minimum Gasteiger partial charge on any atom is -0.447 e. The van der Waals surface area contributed by atoms with Gasteiger partial charge in [-0.15, -0.1) is 0 Å². The molecule has 0 unspecified atom stereocenters. The summed E-state index contributed by atoms with van der Waals surface area (Å²) in [6.45, 7) is 12.7. The number of carbonyl (C=O) groups is 4. The first-order valence-electron chi connectivity index (χ1n) is 13.8. The van der Waals surface area contributed by atoms with E-state index in [2.05, 4.69) is 5.32 Å². The molecule has 0 spiro atoms. The monoisotopic (exact) mass is 602 g/mol. The zero-order chi connectivity index (χ0) is 30.6. The first kappa shape index (κ1) is 36.6. The Bertz CT molecular complexity index is 1140. The fourth-order valence-corrected chi connectivity index (χ4v) is 4.59. The molecule has 2 fully saturated rings. The summed E-state index contributed by atoms with van der Waals surface area (Å²) in [7, 11) is 0. The van der Waals surface area contributed by atoms with E-state index in [1.54, 1.807) is 0 Å². The Hall–Kier alpha value is -3.39. The van der Waals surface area contributed by atoms with Crippen LogP contribution in [0.2, 0.25) is 0 Å². The van der Waals surface area contributed by atoms with Crippen LogP contribution < -0.4 is 5.32 Å². The van der Waals surface area contributed by atoms with Crippen molar-refractivity contribution in [1.29, 1.82) is 0 Å². The Morgan fingerprint density at radius 2 is 1.31 bits per heavy atom. The van der Waals surface area contributed by atoms with E-state index in [1.807, 2.05) is 102 Å². The molecular weight excluding hydrogens is 556 g/mol. The first-order chi connectivity index (χ1) is 19.1. The Morgan fingerprint density at radius 1 is 0.810 bits per heavy atom. The number of benzene rings is 2. The Morgan fingerprint density at radius 3 is 1.71 bits per heavy atom. The molecule has 0 aromatic heterocycles. The third-order valence-corrected chi connectivity index (χ3v) is 6.09. The molecule has 2 atom stereocenters. The van der Waals surface area contributed by atoms with Crippen molar-refractivity contribution in [3.8, 4) is 0 Å². The number of carbonyl (C=O) groups excluding carboxylic acids is 4. The number of ether oxygens (including phenoxy) is 2. The summed E-state index contributed by atoms with van der Waals surface area (Å²) in [6.07, 6.45) is 1.46. The lowest BCUT2D eigenvalue weighted by Crippen LogP contribution is -2.41. The molecule has 42 heavy (non-hydrogen) atoms. The summed E-state index contributed by atoms with van der Waals surface area (Å²) in [5, 5.41) is 2.49. The molecule has 0 radical (unpaired) electrons. The quantitative estimate of drug-likeness (QED) is 0.352. The van der Waals surface area contributed by atoms with Gasteiger partial charge in [-0.3, -0.25) is 9.59 Å². The van der Waals surface area contributed by atoms with E-state index in [0.29, 0.717) is 25.9 Å². The topological polar surface area (TPSA) is 102 Å². The molecule has 2 heterocycles. The number of imide groups is 1. The number of rotatable bonds is 6. The highest BCUT2D eigenvalue weighted by Gasteiger charge is 2.38. The smallest absolute Gasteiger partial charge is 0.416 e. The lowest BCUT2D eigenvalue weighted by Gasteiger charge is -2.24. The number of hydrogen-bond donors (Lipinski definition) is 1.